The van der Waals surface area contributed by atoms with Gasteiger partial charge in [0.1, 0.15) is 4.88 Å². The van der Waals surface area contributed by atoms with Crippen molar-refractivity contribution in [2.75, 3.05) is 45.2 Å². The molecule has 3 rings (SSSR count). The summed E-state index contributed by atoms with van der Waals surface area (Å²) in [6, 6.07) is 1.59. The molecule has 2 aliphatic rings. The fraction of sp³-hybridized carbons (Fsp3) is 0.684. The average molecular weight is 396 g/mol. The molecule has 8 heteroatoms. The molecule has 1 aromatic rings. The minimum atomic E-state index is -0.423. The van der Waals surface area contributed by atoms with E-state index in [-0.39, 0.29) is 18.2 Å². The van der Waals surface area contributed by atoms with E-state index in [9.17, 15) is 9.59 Å². The highest BCUT2D eigenvalue weighted by molar-refractivity contribution is 7.12. The molecule has 0 unspecified atom stereocenters. The number of anilines is 1. The number of nitrogens with zero attached hydrogens (tertiary/aromatic N) is 2. The monoisotopic (exact) mass is 395 g/mol. The van der Waals surface area contributed by atoms with Crippen LogP contribution < -0.4 is 5.32 Å². The number of morpholine rings is 1. The SMILES string of the molecule is COC(=O)c1sccc1NC(=O)N1CCC(CN2C[C@@H](C)O[C@@H](C)C2)CC1. The number of methoxy groups -OCH3 is 1. The van der Waals surface area contributed by atoms with Crippen molar-refractivity contribution >= 4 is 29.0 Å². The lowest BCUT2D eigenvalue weighted by atomic mass is 9.96. The van der Waals surface area contributed by atoms with Crippen LogP contribution in [0.2, 0.25) is 0 Å². The summed E-state index contributed by atoms with van der Waals surface area (Å²) in [5.74, 6) is 0.186. The van der Waals surface area contributed by atoms with Crippen LogP contribution >= 0.6 is 11.3 Å². The molecule has 2 saturated heterocycles. The van der Waals surface area contributed by atoms with E-state index in [1.54, 1.807) is 11.4 Å². The summed E-state index contributed by atoms with van der Waals surface area (Å²) in [4.78, 5) is 29.0. The van der Waals surface area contributed by atoms with Crippen LogP contribution in [-0.4, -0.2) is 73.8 Å². The number of amides is 2. The normalized spacial score (nSPS) is 24.6. The van der Waals surface area contributed by atoms with E-state index in [1.165, 1.54) is 18.4 Å². The van der Waals surface area contributed by atoms with Crippen LogP contribution in [0.15, 0.2) is 11.4 Å². The molecule has 1 aromatic heterocycles. The number of carbonyl (C=O) groups excluding carboxylic acids is 2. The summed E-state index contributed by atoms with van der Waals surface area (Å²) < 4.78 is 10.6. The topological polar surface area (TPSA) is 71.1 Å². The summed E-state index contributed by atoms with van der Waals surface area (Å²) in [7, 11) is 1.34. The Hall–Kier alpha value is -1.64. The van der Waals surface area contributed by atoms with Gasteiger partial charge in [0.2, 0.25) is 0 Å². The third-order valence-corrected chi connectivity index (χ3v) is 6.09. The van der Waals surface area contributed by atoms with Gasteiger partial charge in [-0.25, -0.2) is 9.59 Å². The lowest BCUT2D eigenvalue weighted by Crippen LogP contribution is -2.49. The van der Waals surface area contributed by atoms with Crippen molar-refractivity contribution in [3.05, 3.63) is 16.3 Å². The maximum absolute atomic E-state index is 12.6. The first kappa shape index (κ1) is 20.1. The molecule has 0 bridgehead atoms. The Kier molecular flexibility index (Phi) is 6.73. The molecular formula is C19H29N3O4S. The molecule has 0 aromatic carbocycles. The van der Waals surface area contributed by atoms with Gasteiger partial charge in [0.15, 0.2) is 0 Å². The predicted octanol–water partition coefficient (Wildman–Crippen LogP) is 2.89. The van der Waals surface area contributed by atoms with Gasteiger partial charge < -0.3 is 19.7 Å². The first-order chi connectivity index (χ1) is 13.0. The van der Waals surface area contributed by atoms with Crippen molar-refractivity contribution in [2.45, 2.75) is 38.9 Å². The molecule has 2 amide bonds. The van der Waals surface area contributed by atoms with Crippen LogP contribution in [0.5, 0.6) is 0 Å². The number of rotatable bonds is 4. The highest BCUT2D eigenvalue weighted by Gasteiger charge is 2.28. The summed E-state index contributed by atoms with van der Waals surface area (Å²) in [6.45, 7) is 8.78. The zero-order chi connectivity index (χ0) is 19.4. The Bertz CT molecular complexity index is 647. The van der Waals surface area contributed by atoms with Gasteiger partial charge in [-0.2, -0.15) is 0 Å². The van der Waals surface area contributed by atoms with Gasteiger partial charge in [-0.3, -0.25) is 4.90 Å². The van der Waals surface area contributed by atoms with Gasteiger partial charge in [0, 0.05) is 32.7 Å². The standard InChI is InChI=1S/C19H29N3O4S/c1-13-10-21(11-14(2)26-13)12-15-4-7-22(8-5-15)19(24)20-16-6-9-27-17(16)18(23)25-3/h6,9,13-15H,4-5,7-8,10-12H2,1-3H3,(H,20,24)/t13-,14+. The first-order valence-corrected chi connectivity index (χ1v) is 10.4. The van der Waals surface area contributed by atoms with E-state index >= 15 is 0 Å². The van der Waals surface area contributed by atoms with Gasteiger partial charge in [-0.05, 0) is 44.1 Å². The van der Waals surface area contributed by atoms with Gasteiger partial charge in [0.25, 0.3) is 0 Å². The van der Waals surface area contributed by atoms with Crippen LogP contribution in [0.1, 0.15) is 36.4 Å². The highest BCUT2D eigenvalue weighted by atomic mass is 32.1. The van der Waals surface area contributed by atoms with Gasteiger partial charge in [-0.1, -0.05) is 0 Å². The number of ether oxygens (including phenoxy) is 2. The van der Waals surface area contributed by atoms with E-state index in [0.29, 0.717) is 16.5 Å². The average Bonchev–Trinajstić information content (AvgIpc) is 3.09. The summed E-state index contributed by atoms with van der Waals surface area (Å²) >= 11 is 1.27. The molecule has 2 atom stereocenters. The number of nitrogens with one attached hydrogen (secondary N) is 1. The van der Waals surface area contributed by atoms with Gasteiger partial charge in [-0.15, -0.1) is 11.3 Å². The fourth-order valence-electron chi connectivity index (χ4n) is 3.97. The molecule has 2 aliphatic heterocycles. The van der Waals surface area contributed by atoms with Crippen LogP contribution in [0, 0.1) is 5.92 Å². The Morgan fingerprint density at radius 1 is 1.26 bits per heavy atom. The zero-order valence-corrected chi connectivity index (χ0v) is 17.1. The molecular weight excluding hydrogens is 366 g/mol. The Morgan fingerprint density at radius 3 is 2.56 bits per heavy atom. The Balaban J connectivity index is 1.47. The number of thiophene rings is 1. The van der Waals surface area contributed by atoms with Gasteiger partial charge >= 0.3 is 12.0 Å². The Morgan fingerprint density at radius 2 is 1.93 bits per heavy atom. The van der Waals surface area contributed by atoms with E-state index in [2.05, 4.69) is 24.1 Å². The number of piperidine rings is 1. The zero-order valence-electron chi connectivity index (χ0n) is 16.3. The molecule has 0 saturated carbocycles. The van der Waals surface area contributed by atoms with Crippen LogP contribution in [0.4, 0.5) is 10.5 Å². The van der Waals surface area contributed by atoms with Gasteiger partial charge in [0.05, 0.1) is 25.0 Å². The van der Waals surface area contributed by atoms with Crippen molar-refractivity contribution in [2.24, 2.45) is 5.92 Å². The molecule has 0 aliphatic carbocycles. The fourth-order valence-corrected chi connectivity index (χ4v) is 4.74. The summed E-state index contributed by atoms with van der Waals surface area (Å²) in [5, 5.41) is 4.63. The van der Waals surface area contributed by atoms with Crippen LogP contribution in [-0.2, 0) is 9.47 Å². The molecule has 0 spiro atoms. The second-order valence-electron chi connectivity index (χ2n) is 7.49. The number of carbonyl (C=O) groups is 2. The predicted molar refractivity (Wildman–Crippen MR) is 105 cm³/mol. The molecule has 150 valence electrons. The number of likely N-dealkylation sites (tertiary alicyclic amines) is 1. The summed E-state index contributed by atoms with van der Waals surface area (Å²) in [5.41, 5.74) is 0.523. The highest BCUT2D eigenvalue weighted by Crippen LogP contribution is 2.25. The minimum absolute atomic E-state index is 0.148. The van der Waals surface area contributed by atoms with Crippen molar-refractivity contribution in [3.63, 3.8) is 0 Å². The van der Waals surface area contributed by atoms with E-state index in [1.807, 2.05) is 4.90 Å². The maximum Gasteiger partial charge on any atom is 0.350 e. The quantitative estimate of drug-likeness (QED) is 0.794. The van der Waals surface area contributed by atoms with Crippen LogP contribution in [0.3, 0.4) is 0 Å². The first-order valence-electron chi connectivity index (χ1n) is 9.55. The van der Waals surface area contributed by atoms with Crippen molar-refractivity contribution in [1.82, 2.24) is 9.80 Å². The minimum Gasteiger partial charge on any atom is -0.465 e. The largest absolute Gasteiger partial charge is 0.465 e. The maximum atomic E-state index is 12.6. The van der Waals surface area contributed by atoms with Crippen molar-refractivity contribution in [1.29, 1.82) is 0 Å². The summed E-state index contributed by atoms with van der Waals surface area (Å²) in [6.07, 6.45) is 2.57. The Labute approximate surface area is 164 Å². The lowest BCUT2D eigenvalue weighted by Gasteiger charge is -2.39. The molecule has 1 N–H and O–H groups in total. The number of hydrogen-bond acceptors (Lipinski definition) is 6. The van der Waals surface area contributed by atoms with E-state index in [4.69, 9.17) is 9.47 Å². The van der Waals surface area contributed by atoms with Crippen LogP contribution in [0.25, 0.3) is 0 Å². The number of esters is 1. The van der Waals surface area contributed by atoms with Crippen molar-refractivity contribution in [3.8, 4) is 0 Å². The third-order valence-electron chi connectivity index (χ3n) is 5.19. The smallest absolute Gasteiger partial charge is 0.350 e. The molecule has 0 radical (unpaired) electrons. The molecule has 27 heavy (non-hydrogen) atoms. The molecule has 3 heterocycles. The second-order valence-corrected chi connectivity index (χ2v) is 8.41. The third kappa shape index (κ3) is 5.21. The number of hydrogen-bond donors (Lipinski definition) is 1. The van der Waals surface area contributed by atoms with E-state index < -0.39 is 5.97 Å². The molecule has 7 nitrogen and oxygen atoms in total. The lowest BCUT2D eigenvalue weighted by molar-refractivity contribution is -0.0728. The second kappa shape index (κ2) is 9.03. The number of urea groups is 1. The molecule has 2 fully saturated rings. The van der Waals surface area contributed by atoms with E-state index in [0.717, 1.165) is 45.6 Å². The van der Waals surface area contributed by atoms with Crippen molar-refractivity contribution < 1.29 is 19.1 Å².